The van der Waals surface area contributed by atoms with Crippen molar-refractivity contribution in [3.63, 3.8) is 0 Å². The van der Waals surface area contributed by atoms with Crippen LogP contribution in [0, 0.1) is 0 Å². The van der Waals surface area contributed by atoms with Crippen LogP contribution in [0.15, 0.2) is 54.6 Å². The van der Waals surface area contributed by atoms with E-state index in [0.29, 0.717) is 24.3 Å². The molecule has 23 heavy (non-hydrogen) atoms. The Labute approximate surface area is 134 Å². The van der Waals surface area contributed by atoms with E-state index in [0.717, 1.165) is 6.42 Å². The summed E-state index contributed by atoms with van der Waals surface area (Å²) in [5.74, 6) is -0.478. The van der Waals surface area contributed by atoms with Crippen molar-refractivity contribution in [2.24, 2.45) is 0 Å². The van der Waals surface area contributed by atoms with Crippen LogP contribution in [0.3, 0.4) is 0 Å². The predicted octanol–water partition coefficient (Wildman–Crippen LogP) is 2.05. The van der Waals surface area contributed by atoms with E-state index in [4.69, 9.17) is 4.84 Å². The molecule has 0 unspecified atom stereocenters. The molecule has 5 nitrogen and oxygen atoms in total. The third-order valence-electron chi connectivity index (χ3n) is 3.75. The molecule has 2 amide bonds. The van der Waals surface area contributed by atoms with Crippen LogP contribution >= 0.6 is 0 Å². The number of rotatable bonds is 7. The van der Waals surface area contributed by atoms with Gasteiger partial charge in [-0.25, -0.2) is 5.48 Å². The molecule has 0 saturated carbocycles. The minimum atomic E-state index is -0.239. The molecule has 0 aromatic heterocycles. The summed E-state index contributed by atoms with van der Waals surface area (Å²) < 4.78 is 0. The molecule has 1 N–H and O–H groups in total. The zero-order chi connectivity index (χ0) is 16.1. The summed E-state index contributed by atoms with van der Waals surface area (Å²) in [6.45, 7) is 1.23. The number of imide groups is 1. The fourth-order valence-electron chi connectivity index (χ4n) is 2.56. The Bertz CT molecular complexity index is 665. The zero-order valence-corrected chi connectivity index (χ0v) is 12.7. The van der Waals surface area contributed by atoms with Gasteiger partial charge in [0.05, 0.1) is 17.7 Å². The minimum Gasteiger partial charge on any atom is -0.301 e. The number of fused-ring (bicyclic) bond motifs is 1. The number of carbonyl (C=O) groups excluding carboxylic acids is 2. The number of carbonyl (C=O) groups is 2. The van der Waals surface area contributed by atoms with E-state index in [-0.39, 0.29) is 18.4 Å². The SMILES string of the molecule is O=C1c2ccccc2C(=O)N1CCNOCCc1ccccc1. The number of hydrogen-bond donors (Lipinski definition) is 1. The highest BCUT2D eigenvalue weighted by Crippen LogP contribution is 2.21. The lowest BCUT2D eigenvalue weighted by Crippen LogP contribution is -2.36. The molecule has 1 aliphatic heterocycles. The summed E-state index contributed by atoms with van der Waals surface area (Å²) >= 11 is 0. The topological polar surface area (TPSA) is 58.6 Å². The van der Waals surface area contributed by atoms with E-state index < -0.39 is 0 Å². The molecule has 3 rings (SSSR count). The van der Waals surface area contributed by atoms with Gasteiger partial charge in [-0.1, -0.05) is 42.5 Å². The maximum absolute atomic E-state index is 12.1. The average Bonchev–Trinajstić information content (AvgIpc) is 2.84. The van der Waals surface area contributed by atoms with Gasteiger partial charge in [-0.05, 0) is 24.1 Å². The van der Waals surface area contributed by atoms with Crippen molar-refractivity contribution >= 4 is 11.8 Å². The molecule has 0 aliphatic carbocycles. The first-order valence-corrected chi connectivity index (χ1v) is 7.61. The van der Waals surface area contributed by atoms with Crippen LogP contribution in [-0.2, 0) is 11.3 Å². The number of benzene rings is 2. The van der Waals surface area contributed by atoms with Crippen molar-refractivity contribution in [3.8, 4) is 0 Å². The molecule has 118 valence electrons. The molecule has 5 heteroatoms. The first-order chi connectivity index (χ1) is 11.3. The first-order valence-electron chi connectivity index (χ1n) is 7.61. The number of amides is 2. The van der Waals surface area contributed by atoms with Crippen LogP contribution in [0.5, 0.6) is 0 Å². The van der Waals surface area contributed by atoms with E-state index in [1.807, 2.05) is 30.3 Å². The number of nitrogens with one attached hydrogen (secondary N) is 1. The maximum atomic E-state index is 12.1. The molecule has 1 heterocycles. The van der Waals surface area contributed by atoms with E-state index in [2.05, 4.69) is 5.48 Å². The highest BCUT2D eigenvalue weighted by atomic mass is 16.6. The Morgan fingerprint density at radius 1 is 0.870 bits per heavy atom. The second-order valence-electron chi connectivity index (χ2n) is 5.29. The van der Waals surface area contributed by atoms with Crippen LogP contribution in [-0.4, -0.2) is 36.4 Å². The molecule has 1 aliphatic rings. The van der Waals surface area contributed by atoms with Gasteiger partial charge >= 0.3 is 0 Å². The Balaban J connectivity index is 1.40. The van der Waals surface area contributed by atoms with Gasteiger partial charge in [-0.2, -0.15) is 0 Å². The van der Waals surface area contributed by atoms with E-state index in [1.165, 1.54) is 10.5 Å². The zero-order valence-electron chi connectivity index (χ0n) is 12.7. The lowest BCUT2D eigenvalue weighted by molar-refractivity contribution is 0.0358. The highest BCUT2D eigenvalue weighted by Gasteiger charge is 2.34. The highest BCUT2D eigenvalue weighted by molar-refractivity contribution is 6.21. The quantitative estimate of drug-likeness (QED) is 0.483. The molecule has 2 aromatic carbocycles. The summed E-state index contributed by atoms with van der Waals surface area (Å²) in [5, 5.41) is 0. The Hall–Kier alpha value is -2.50. The molecule has 0 saturated heterocycles. The lowest BCUT2D eigenvalue weighted by atomic mass is 10.1. The smallest absolute Gasteiger partial charge is 0.261 e. The second kappa shape index (κ2) is 7.17. The molecule has 0 fully saturated rings. The van der Waals surface area contributed by atoms with Crippen molar-refractivity contribution in [1.29, 1.82) is 0 Å². The van der Waals surface area contributed by atoms with Gasteiger partial charge in [0.2, 0.25) is 0 Å². The summed E-state index contributed by atoms with van der Waals surface area (Å²) in [4.78, 5) is 30.9. The fraction of sp³-hybridized carbons (Fsp3) is 0.222. The maximum Gasteiger partial charge on any atom is 0.261 e. The molecular formula is C18H18N2O3. The van der Waals surface area contributed by atoms with Crippen LogP contribution in [0.2, 0.25) is 0 Å². The summed E-state index contributed by atoms with van der Waals surface area (Å²) in [7, 11) is 0. The Morgan fingerprint density at radius 2 is 1.48 bits per heavy atom. The fourth-order valence-corrected chi connectivity index (χ4v) is 2.56. The number of hydroxylamine groups is 1. The molecule has 2 aromatic rings. The Morgan fingerprint density at radius 3 is 2.13 bits per heavy atom. The van der Waals surface area contributed by atoms with E-state index in [1.54, 1.807) is 24.3 Å². The Kier molecular flexibility index (Phi) is 4.80. The number of nitrogens with zero attached hydrogens (tertiary/aromatic N) is 1. The van der Waals surface area contributed by atoms with Gasteiger partial charge < -0.3 is 4.84 Å². The molecular weight excluding hydrogens is 292 g/mol. The van der Waals surface area contributed by atoms with E-state index in [9.17, 15) is 9.59 Å². The van der Waals surface area contributed by atoms with E-state index >= 15 is 0 Å². The lowest BCUT2D eigenvalue weighted by Gasteiger charge is -2.14. The van der Waals surface area contributed by atoms with Crippen LogP contribution in [0.1, 0.15) is 26.3 Å². The summed E-state index contributed by atoms with van der Waals surface area (Å²) in [6.07, 6.45) is 0.806. The van der Waals surface area contributed by atoms with Crippen molar-refractivity contribution in [3.05, 3.63) is 71.3 Å². The second-order valence-corrected chi connectivity index (χ2v) is 5.29. The monoisotopic (exact) mass is 310 g/mol. The van der Waals surface area contributed by atoms with Crippen molar-refractivity contribution in [2.45, 2.75) is 6.42 Å². The standard InChI is InChI=1S/C18H18N2O3/c21-17-15-8-4-5-9-16(15)18(22)20(17)12-11-19-23-13-10-14-6-2-1-3-7-14/h1-9,19H,10-13H2. The van der Waals surface area contributed by atoms with Gasteiger partial charge in [0, 0.05) is 13.1 Å². The molecule has 0 bridgehead atoms. The van der Waals surface area contributed by atoms with Gasteiger partial charge in [0.15, 0.2) is 0 Å². The van der Waals surface area contributed by atoms with Gasteiger partial charge in [-0.15, -0.1) is 0 Å². The van der Waals surface area contributed by atoms with Crippen LogP contribution < -0.4 is 5.48 Å². The van der Waals surface area contributed by atoms with Crippen molar-refractivity contribution in [1.82, 2.24) is 10.4 Å². The molecule has 0 radical (unpaired) electrons. The molecule has 0 atom stereocenters. The third kappa shape index (κ3) is 3.47. The third-order valence-corrected chi connectivity index (χ3v) is 3.75. The van der Waals surface area contributed by atoms with Gasteiger partial charge in [0.25, 0.3) is 11.8 Å². The summed E-state index contributed by atoms with van der Waals surface area (Å²) in [5.41, 5.74) is 4.96. The largest absolute Gasteiger partial charge is 0.301 e. The normalized spacial score (nSPS) is 13.5. The average molecular weight is 310 g/mol. The minimum absolute atomic E-state index is 0.239. The number of hydrogen-bond acceptors (Lipinski definition) is 4. The van der Waals surface area contributed by atoms with Gasteiger partial charge in [0.1, 0.15) is 0 Å². The van der Waals surface area contributed by atoms with Crippen molar-refractivity contribution in [2.75, 3.05) is 19.7 Å². The van der Waals surface area contributed by atoms with Crippen molar-refractivity contribution < 1.29 is 14.4 Å². The first kappa shape index (κ1) is 15.4. The molecule has 0 spiro atoms. The van der Waals surface area contributed by atoms with Gasteiger partial charge in [-0.3, -0.25) is 14.5 Å². The van der Waals surface area contributed by atoms with Crippen LogP contribution in [0.4, 0.5) is 0 Å². The van der Waals surface area contributed by atoms with Crippen LogP contribution in [0.25, 0.3) is 0 Å². The predicted molar refractivity (Wildman–Crippen MR) is 85.9 cm³/mol. The summed E-state index contributed by atoms with van der Waals surface area (Å²) in [6, 6.07) is 16.9.